The van der Waals surface area contributed by atoms with E-state index in [2.05, 4.69) is 62.0 Å². The van der Waals surface area contributed by atoms with E-state index in [0.29, 0.717) is 19.1 Å². The van der Waals surface area contributed by atoms with E-state index < -0.39 is 8.32 Å². The number of benzene rings is 1. The van der Waals surface area contributed by atoms with Gasteiger partial charge in [0.05, 0.1) is 38.1 Å². The standard InChI is InChI=1S/C32H51BNO7PSSi/c1-22-14-25(12-13-38-33(42)43)39-26(15-22)16-27-17-28(41-44(6,7)32(2,3)4)18-30(40-27)29-20-37-31(34-29)21-36-19-23-8-10-24(35-5)11-9-23/h8-11,20,25-28,30,43H,1,12-19,21,42H2,2-7H3/t25-,26+,27+,28+,30+/m0/s1. The predicted molar refractivity (Wildman–Crippen MR) is 184 cm³/mol. The van der Waals surface area contributed by atoms with Crippen LogP contribution in [0.2, 0.25) is 18.1 Å². The number of aromatic nitrogens is 1. The largest absolute Gasteiger partial charge is 0.497 e. The van der Waals surface area contributed by atoms with Crippen LogP contribution in [-0.4, -0.2) is 57.3 Å². The quantitative estimate of drug-likeness (QED) is 0.0954. The number of methoxy groups -OCH3 is 1. The molecule has 0 saturated carbocycles. The first-order chi connectivity index (χ1) is 20.8. The average molecular weight is 664 g/mol. The van der Waals surface area contributed by atoms with E-state index in [1.165, 1.54) is 5.57 Å². The zero-order valence-corrected chi connectivity index (χ0v) is 30.3. The monoisotopic (exact) mass is 663 g/mol. The van der Waals surface area contributed by atoms with Crippen LogP contribution in [0.1, 0.15) is 82.5 Å². The topological polar surface area (TPSA) is 81.4 Å². The van der Waals surface area contributed by atoms with Gasteiger partial charge in [-0.15, -0.1) is 9.12 Å². The van der Waals surface area contributed by atoms with Gasteiger partial charge in [0.25, 0.3) is 0 Å². The molecular weight excluding hydrogens is 612 g/mol. The zero-order chi connectivity index (χ0) is 31.9. The second-order valence-corrected chi connectivity index (χ2v) is 20.0. The number of oxazole rings is 1. The van der Waals surface area contributed by atoms with Crippen molar-refractivity contribution in [3.05, 3.63) is 59.8 Å². The maximum atomic E-state index is 6.95. The van der Waals surface area contributed by atoms with Crippen molar-refractivity contribution < 1.29 is 32.4 Å². The van der Waals surface area contributed by atoms with Crippen LogP contribution in [0.25, 0.3) is 0 Å². The molecule has 1 aromatic carbocycles. The van der Waals surface area contributed by atoms with E-state index in [1.807, 2.05) is 24.3 Å². The summed E-state index contributed by atoms with van der Waals surface area (Å²) in [7, 11) is 2.21. The van der Waals surface area contributed by atoms with E-state index >= 15 is 0 Å². The molecule has 2 aliphatic rings. The molecule has 8 nitrogen and oxygen atoms in total. The third-order valence-corrected chi connectivity index (χ3v) is 13.7. The molecule has 0 radical (unpaired) electrons. The van der Waals surface area contributed by atoms with Crippen LogP contribution < -0.4 is 4.74 Å². The molecule has 2 aromatic rings. The van der Waals surface area contributed by atoms with Gasteiger partial charge in [-0.05, 0) is 61.5 Å². The molecule has 0 spiro atoms. The van der Waals surface area contributed by atoms with Crippen molar-refractivity contribution in [1.29, 1.82) is 0 Å². The van der Waals surface area contributed by atoms with Crippen molar-refractivity contribution in [2.24, 2.45) is 0 Å². The number of hydrogen-bond acceptors (Lipinski definition) is 9. The van der Waals surface area contributed by atoms with E-state index in [-0.39, 0.29) is 48.1 Å². The summed E-state index contributed by atoms with van der Waals surface area (Å²) >= 11 is 4.29. The van der Waals surface area contributed by atoms with Crippen LogP contribution in [-0.2, 0) is 36.5 Å². The van der Waals surface area contributed by atoms with E-state index in [0.717, 1.165) is 55.5 Å². The van der Waals surface area contributed by atoms with Crippen molar-refractivity contribution in [3.8, 4) is 5.75 Å². The summed E-state index contributed by atoms with van der Waals surface area (Å²) in [5.41, 5.74) is 3.06. The van der Waals surface area contributed by atoms with Crippen LogP contribution in [0.15, 0.2) is 47.1 Å². The highest BCUT2D eigenvalue weighted by Crippen LogP contribution is 2.42. The average Bonchev–Trinajstić information content (AvgIpc) is 3.41. The van der Waals surface area contributed by atoms with E-state index in [9.17, 15) is 0 Å². The third kappa shape index (κ3) is 10.7. The van der Waals surface area contributed by atoms with Crippen LogP contribution >= 0.6 is 21.6 Å². The number of rotatable bonds is 14. The Bertz CT molecular complexity index is 1190. The van der Waals surface area contributed by atoms with Crippen molar-refractivity contribution in [1.82, 2.24) is 4.98 Å². The third-order valence-electron chi connectivity index (χ3n) is 8.85. The minimum atomic E-state index is -2.00. The molecule has 6 atom stereocenters. The molecular formula is C32H51BNO7PSSi. The second-order valence-electron chi connectivity index (χ2n) is 13.5. The molecule has 0 aliphatic carbocycles. The van der Waals surface area contributed by atoms with Gasteiger partial charge in [-0.1, -0.05) is 45.1 Å². The first-order valence-electron chi connectivity index (χ1n) is 15.7. The van der Waals surface area contributed by atoms with Crippen LogP contribution in [0.4, 0.5) is 0 Å². The Morgan fingerprint density at radius 3 is 2.48 bits per heavy atom. The van der Waals surface area contributed by atoms with Gasteiger partial charge in [0.1, 0.15) is 30.4 Å². The molecule has 12 heteroatoms. The van der Waals surface area contributed by atoms with E-state index in [4.69, 9.17) is 37.4 Å². The molecule has 2 saturated heterocycles. The summed E-state index contributed by atoms with van der Waals surface area (Å²) in [6.45, 7) is 17.1. The molecule has 3 heterocycles. The summed E-state index contributed by atoms with van der Waals surface area (Å²) in [5.74, 6) is 1.19. The lowest BCUT2D eigenvalue weighted by atomic mass is 9.91. The Morgan fingerprint density at radius 1 is 1.07 bits per heavy atom. The number of hydrogen-bond donors (Lipinski definition) is 1. The highest BCUT2D eigenvalue weighted by Gasteiger charge is 2.43. The minimum absolute atomic E-state index is 0.0309. The fourth-order valence-corrected chi connectivity index (χ4v) is 7.16. The molecule has 1 aromatic heterocycles. The minimum Gasteiger partial charge on any atom is -0.497 e. The second kappa shape index (κ2) is 16.1. The first kappa shape index (κ1) is 35.7. The molecule has 44 heavy (non-hydrogen) atoms. The van der Waals surface area contributed by atoms with Crippen molar-refractivity contribution in [2.75, 3.05) is 13.7 Å². The lowest BCUT2D eigenvalue weighted by Crippen LogP contribution is -2.47. The molecule has 0 N–H and O–H groups in total. The van der Waals surface area contributed by atoms with Crippen LogP contribution in [0.5, 0.6) is 5.75 Å². The van der Waals surface area contributed by atoms with Crippen LogP contribution in [0, 0.1) is 0 Å². The van der Waals surface area contributed by atoms with Gasteiger partial charge in [0.2, 0.25) is 5.89 Å². The molecule has 2 fully saturated rings. The SMILES string of the molecule is C=C1C[C@H](C[C@@H]2C[C@@H](O[Si](C)(C)C(C)(C)C)C[C@H](c3coc(COCc4ccc(OC)cc4)n3)O2)O[C@@H](CCOB(P)S)C1. The van der Waals surface area contributed by atoms with Crippen molar-refractivity contribution in [2.45, 2.75) is 121 Å². The molecule has 0 amide bonds. The van der Waals surface area contributed by atoms with Crippen LogP contribution in [0.3, 0.4) is 0 Å². The summed E-state index contributed by atoms with van der Waals surface area (Å²) in [6.07, 6.45) is 6.50. The normalized spacial score (nSPS) is 24.8. The Labute approximate surface area is 273 Å². The molecule has 2 aliphatic heterocycles. The Kier molecular flexibility index (Phi) is 13.1. The molecule has 244 valence electrons. The Morgan fingerprint density at radius 2 is 1.80 bits per heavy atom. The smallest absolute Gasteiger partial charge is 0.380 e. The zero-order valence-electron chi connectivity index (χ0n) is 27.3. The van der Waals surface area contributed by atoms with Gasteiger partial charge in [-0.2, -0.15) is 12.5 Å². The van der Waals surface area contributed by atoms with E-state index in [1.54, 1.807) is 13.4 Å². The highest BCUT2D eigenvalue weighted by molar-refractivity contribution is 8.23. The fourth-order valence-electron chi connectivity index (χ4n) is 5.54. The van der Waals surface area contributed by atoms with Crippen molar-refractivity contribution in [3.63, 3.8) is 0 Å². The van der Waals surface area contributed by atoms with Gasteiger partial charge in [0, 0.05) is 19.4 Å². The maximum absolute atomic E-state index is 6.95. The number of ether oxygens (including phenoxy) is 4. The summed E-state index contributed by atoms with van der Waals surface area (Å²) < 4.78 is 42.8. The molecule has 4 rings (SSSR count). The summed E-state index contributed by atoms with van der Waals surface area (Å²) in [5, 5.41) is 0.112. The lowest BCUT2D eigenvalue weighted by molar-refractivity contribution is -0.126. The van der Waals surface area contributed by atoms with Gasteiger partial charge in [0.15, 0.2) is 8.32 Å². The number of nitrogens with zero attached hydrogens (tertiary/aromatic N) is 1. The summed E-state index contributed by atoms with van der Waals surface area (Å²) in [4.78, 5) is 4.78. The Hall–Kier alpha value is -1.17. The predicted octanol–water partition coefficient (Wildman–Crippen LogP) is 7.70. The Balaban J connectivity index is 1.40. The molecule has 0 bridgehead atoms. The summed E-state index contributed by atoms with van der Waals surface area (Å²) in [6, 6.07) is 7.82. The van der Waals surface area contributed by atoms with Gasteiger partial charge >= 0.3 is 5.91 Å². The van der Waals surface area contributed by atoms with Gasteiger partial charge in [-0.3, -0.25) is 0 Å². The lowest BCUT2D eigenvalue weighted by Gasteiger charge is -2.44. The molecule has 1 unspecified atom stereocenters. The highest BCUT2D eigenvalue weighted by atomic mass is 32.1. The first-order valence-corrected chi connectivity index (χ1v) is 19.8. The number of thiol groups is 1. The van der Waals surface area contributed by atoms with Gasteiger partial charge in [-0.25, -0.2) is 4.98 Å². The van der Waals surface area contributed by atoms with Crippen molar-refractivity contribution >= 4 is 35.8 Å². The fraction of sp³-hybridized carbons (Fsp3) is 0.656. The maximum Gasteiger partial charge on any atom is 0.380 e. The van der Waals surface area contributed by atoms with Gasteiger partial charge < -0.3 is 32.4 Å².